The highest BCUT2D eigenvalue weighted by atomic mass is 16.5. The molecule has 1 atom stereocenters. The van der Waals surface area contributed by atoms with Crippen LogP contribution in [-0.2, 0) is 19.0 Å². The Kier molecular flexibility index (Phi) is 6.60. The second-order valence-electron chi connectivity index (χ2n) is 4.86. The summed E-state index contributed by atoms with van der Waals surface area (Å²) in [5.74, 6) is -0.226. The van der Waals surface area contributed by atoms with Crippen LogP contribution in [0.2, 0.25) is 0 Å². The van der Waals surface area contributed by atoms with Gasteiger partial charge in [0.2, 0.25) is 0 Å². The van der Waals surface area contributed by atoms with Crippen molar-refractivity contribution < 1.29 is 19.0 Å². The monoisotopic (exact) mass is 259 g/mol. The van der Waals surface area contributed by atoms with Crippen LogP contribution in [0.5, 0.6) is 0 Å². The number of nitrogens with one attached hydrogen (secondary N) is 1. The molecule has 106 valence electrons. The summed E-state index contributed by atoms with van der Waals surface area (Å²) in [7, 11) is 3.19. The van der Waals surface area contributed by atoms with Gasteiger partial charge in [0.1, 0.15) is 5.54 Å². The zero-order valence-corrected chi connectivity index (χ0v) is 11.7. The van der Waals surface area contributed by atoms with E-state index in [0.717, 1.165) is 32.5 Å². The highest BCUT2D eigenvalue weighted by Gasteiger charge is 2.31. The maximum Gasteiger partial charge on any atom is 0.325 e. The van der Waals surface area contributed by atoms with Crippen LogP contribution >= 0.6 is 0 Å². The third kappa shape index (κ3) is 4.55. The highest BCUT2D eigenvalue weighted by Crippen LogP contribution is 2.16. The van der Waals surface area contributed by atoms with E-state index in [-0.39, 0.29) is 5.97 Å². The Morgan fingerprint density at radius 2 is 2.11 bits per heavy atom. The summed E-state index contributed by atoms with van der Waals surface area (Å²) in [6.45, 7) is 4.12. The van der Waals surface area contributed by atoms with Crippen molar-refractivity contribution in [3.05, 3.63) is 0 Å². The van der Waals surface area contributed by atoms with Crippen LogP contribution in [0, 0.1) is 0 Å². The van der Waals surface area contributed by atoms with Gasteiger partial charge in [-0.2, -0.15) is 0 Å². The van der Waals surface area contributed by atoms with E-state index in [4.69, 9.17) is 14.2 Å². The predicted molar refractivity (Wildman–Crippen MR) is 68.5 cm³/mol. The molecule has 1 heterocycles. The molecule has 0 aromatic rings. The van der Waals surface area contributed by atoms with Gasteiger partial charge in [-0.05, 0) is 39.7 Å². The van der Waals surface area contributed by atoms with Gasteiger partial charge in [-0.3, -0.25) is 4.79 Å². The smallest absolute Gasteiger partial charge is 0.325 e. The normalized spacial score (nSPS) is 20.4. The van der Waals surface area contributed by atoms with E-state index in [1.165, 1.54) is 7.11 Å². The average Bonchev–Trinajstić information content (AvgIpc) is 2.43. The molecule has 1 saturated heterocycles. The van der Waals surface area contributed by atoms with Crippen molar-refractivity contribution >= 4 is 5.97 Å². The molecule has 5 heteroatoms. The topological polar surface area (TPSA) is 56.8 Å². The maximum atomic E-state index is 11.6. The third-order valence-corrected chi connectivity index (χ3v) is 3.53. The first-order chi connectivity index (χ1) is 8.62. The van der Waals surface area contributed by atoms with Crippen molar-refractivity contribution in [1.29, 1.82) is 0 Å². The lowest BCUT2D eigenvalue weighted by atomic mass is 9.96. The molecule has 1 fully saturated rings. The van der Waals surface area contributed by atoms with E-state index >= 15 is 0 Å². The first-order valence-corrected chi connectivity index (χ1v) is 6.59. The molecule has 5 nitrogen and oxygen atoms in total. The van der Waals surface area contributed by atoms with E-state index in [1.54, 1.807) is 7.05 Å². The summed E-state index contributed by atoms with van der Waals surface area (Å²) in [5.41, 5.74) is -0.617. The zero-order valence-electron chi connectivity index (χ0n) is 11.7. The van der Waals surface area contributed by atoms with Crippen LogP contribution in [0.3, 0.4) is 0 Å². The molecule has 1 aliphatic heterocycles. The lowest BCUT2D eigenvalue weighted by Gasteiger charge is -2.27. The van der Waals surface area contributed by atoms with Gasteiger partial charge < -0.3 is 19.5 Å². The van der Waals surface area contributed by atoms with Crippen molar-refractivity contribution in [2.45, 2.75) is 44.2 Å². The fraction of sp³-hybridized carbons (Fsp3) is 0.923. The molecule has 0 saturated carbocycles. The Morgan fingerprint density at radius 1 is 1.44 bits per heavy atom. The number of carbonyl (C=O) groups is 1. The molecule has 1 rings (SSSR count). The molecule has 1 N–H and O–H groups in total. The van der Waals surface area contributed by atoms with Crippen LogP contribution in [0.4, 0.5) is 0 Å². The van der Waals surface area contributed by atoms with Gasteiger partial charge in [-0.1, -0.05) is 0 Å². The summed E-state index contributed by atoms with van der Waals surface area (Å²) in [5, 5.41) is 3.02. The van der Waals surface area contributed by atoms with Crippen molar-refractivity contribution in [1.82, 2.24) is 5.32 Å². The van der Waals surface area contributed by atoms with Crippen molar-refractivity contribution in [3.8, 4) is 0 Å². The van der Waals surface area contributed by atoms with Crippen molar-refractivity contribution in [2.24, 2.45) is 0 Å². The molecule has 0 aromatic heterocycles. The van der Waals surface area contributed by atoms with Crippen molar-refractivity contribution in [2.75, 3.05) is 34.0 Å². The standard InChI is InChI=1S/C13H25NO4/c1-13(14-2,12(15)16-3)7-4-8-18-11-5-9-17-10-6-11/h11,14H,4-10H2,1-3H3. The molecule has 0 bridgehead atoms. The van der Waals surface area contributed by atoms with Crippen LogP contribution in [0.15, 0.2) is 0 Å². The van der Waals surface area contributed by atoms with Gasteiger partial charge in [-0.15, -0.1) is 0 Å². The van der Waals surface area contributed by atoms with E-state index in [1.807, 2.05) is 6.92 Å². The lowest BCUT2D eigenvalue weighted by Crippen LogP contribution is -2.48. The molecular weight excluding hydrogens is 234 g/mol. The zero-order chi connectivity index (χ0) is 13.4. The van der Waals surface area contributed by atoms with Crippen molar-refractivity contribution in [3.63, 3.8) is 0 Å². The second-order valence-corrected chi connectivity index (χ2v) is 4.86. The Morgan fingerprint density at radius 3 is 2.67 bits per heavy atom. The third-order valence-electron chi connectivity index (χ3n) is 3.53. The quantitative estimate of drug-likeness (QED) is 0.548. The molecule has 1 unspecified atom stereocenters. The summed E-state index contributed by atoms with van der Waals surface area (Å²) in [6.07, 6.45) is 3.81. The molecule has 0 spiro atoms. The molecule has 0 amide bonds. The minimum atomic E-state index is -0.617. The Balaban J connectivity index is 2.20. The van der Waals surface area contributed by atoms with E-state index in [2.05, 4.69) is 5.32 Å². The summed E-state index contributed by atoms with van der Waals surface area (Å²) >= 11 is 0. The maximum absolute atomic E-state index is 11.6. The Labute approximate surface area is 109 Å². The number of hydrogen-bond acceptors (Lipinski definition) is 5. The molecule has 0 aromatic carbocycles. The van der Waals surface area contributed by atoms with Gasteiger partial charge in [0, 0.05) is 19.8 Å². The van der Waals surface area contributed by atoms with E-state index in [9.17, 15) is 4.79 Å². The number of methoxy groups -OCH3 is 1. The SMILES string of the molecule is CNC(C)(CCCOC1CCOCC1)C(=O)OC. The van der Waals surface area contributed by atoms with Crippen LogP contribution < -0.4 is 5.32 Å². The van der Waals surface area contributed by atoms with Gasteiger partial charge in [0.05, 0.1) is 13.2 Å². The summed E-state index contributed by atoms with van der Waals surface area (Å²) < 4.78 is 15.8. The number of ether oxygens (including phenoxy) is 3. The second kappa shape index (κ2) is 7.71. The molecule has 18 heavy (non-hydrogen) atoms. The number of hydrogen-bond donors (Lipinski definition) is 1. The minimum Gasteiger partial charge on any atom is -0.468 e. The Bertz CT molecular complexity index is 253. The first kappa shape index (κ1) is 15.4. The van der Waals surface area contributed by atoms with Gasteiger partial charge in [-0.25, -0.2) is 0 Å². The van der Waals surface area contributed by atoms with Crippen LogP contribution in [0.25, 0.3) is 0 Å². The van der Waals surface area contributed by atoms with Crippen LogP contribution in [0.1, 0.15) is 32.6 Å². The van der Waals surface area contributed by atoms with Gasteiger partial charge >= 0.3 is 5.97 Å². The van der Waals surface area contributed by atoms with Gasteiger partial charge in [0.15, 0.2) is 0 Å². The number of carbonyl (C=O) groups excluding carboxylic acids is 1. The Hall–Kier alpha value is -0.650. The molecule has 1 aliphatic rings. The fourth-order valence-corrected chi connectivity index (χ4v) is 2.07. The number of esters is 1. The van der Waals surface area contributed by atoms with Gasteiger partial charge in [0.25, 0.3) is 0 Å². The van der Waals surface area contributed by atoms with E-state index in [0.29, 0.717) is 19.1 Å². The van der Waals surface area contributed by atoms with E-state index < -0.39 is 5.54 Å². The first-order valence-electron chi connectivity index (χ1n) is 6.59. The highest BCUT2D eigenvalue weighted by molar-refractivity contribution is 5.80. The average molecular weight is 259 g/mol. The minimum absolute atomic E-state index is 0.226. The number of likely N-dealkylation sites (N-methyl/N-ethyl adjacent to an activating group) is 1. The predicted octanol–water partition coefficient (Wildman–Crippen LogP) is 1.11. The summed E-state index contributed by atoms with van der Waals surface area (Å²) in [6, 6.07) is 0. The fourth-order valence-electron chi connectivity index (χ4n) is 2.07. The molecular formula is C13H25NO4. The summed E-state index contributed by atoms with van der Waals surface area (Å²) in [4.78, 5) is 11.6. The lowest BCUT2D eigenvalue weighted by molar-refractivity contribution is -0.148. The largest absolute Gasteiger partial charge is 0.468 e. The van der Waals surface area contributed by atoms with Crippen LogP contribution in [-0.4, -0.2) is 51.6 Å². The molecule has 0 aliphatic carbocycles. The number of rotatable bonds is 7. The molecule has 0 radical (unpaired) electrons.